The zero-order valence-corrected chi connectivity index (χ0v) is 9.77. The highest BCUT2D eigenvalue weighted by Crippen LogP contribution is 2.17. The van der Waals surface area contributed by atoms with E-state index in [1.165, 1.54) is 25.9 Å². The van der Waals surface area contributed by atoms with Gasteiger partial charge in [0.2, 0.25) is 0 Å². The van der Waals surface area contributed by atoms with Crippen molar-refractivity contribution in [1.29, 1.82) is 0 Å². The van der Waals surface area contributed by atoms with Gasteiger partial charge >= 0.3 is 0 Å². The molecule has 0 aromatic carbocycles. The van der Waals surface area contributed by atoms with Crippen molar-refractivity contribution in [3.05, 3.63) is 12.3 Å². The zero-order chi connectivity index (χ0) is 8.10. The Morgan fingerprint density at radius 1 is 1.45 bits per heavy atom. The van der Waals surface area contributed by atoms with E-state index in [1.54, 1.807) is 0 Å². The second-order valence-electron chi connectivity index (χ2n) is 2.67. The fraction of sp³-hybridized carbons (Fsp3) is 0.750. The lowest BCUT2D eigenvalue weighted by Crippen LogP contribution is -2.10. The maximum atomic E-state index is 2.44. The van der Waals surface area contributed by atoms with Crippen molar-refractivity contribution in [3.8, 4) is 0 Å². The summed E-state index contributed by atoms with van der Waals surface area (Å²) in [4.78, 5) is 2.40. The number of hydrogen-bond donors (Lipinski definition) is 0. The molecule has 0 radical (unpaired) electrons. The van der Waals surface area contributed by atoms with Gasteiger partial charge in [-0.25, -0.2) is 0 Å². The molecule has 1 atom stereocenters. The lowest BCUT2D eigenvalue weighted by atomic mass is 10.4. The highest BCUT2D eigenvalue weighted by molar-refractivity contribution is 14.1. The summed E-state index contributed by atoms with van der Waals surface area (Å²) in [5.41, 5.74) is 0. The van der Waals surface area contributed by atoms with E-state index in [1.807, 2.05) is 11.8 Å². The molecule has 1 heterocycles. The summed E-state index contributed by atoms with van der Waals surface area (Å²) >= 11 is 4.32. The molecule has 1 fully saturated rings. The van der Waals surface area contributed by atoms with Crippen molar-refractivity contribution in [2.45, 2.75) is 16.1 Å². The Hall–Kier alpha value is 0.620. The van der Waals surface area contributed by atoms with E-state index in [2.05, 4.69) is 46.0 Å². The van der Waals surface area contributed by atoms with Gasteiger partial charge < -0.3 is 4.90 Å². The minimum Gasteiger partial charge on any atom is -0.378 e. The molecule has 0 saturated carbocycles. The van der Waals surface area contributed by atoms with Gasteiger partial charge in [-0.15, -0.1) is 11.8 Å². The predicted molar refractivity (Wildman–Crippen MR) is 61.3 cm³/mol. The minimum atomic E-state index is 0.633. The fourth-order valence-corrected chi connectivity index (χ4v) is 1.57. The molecule has 1 unspecified atom stereocenters. The summed E-state index contributed by atoms with van der Waals surface area (Å²) in [5, 5.41) is 0. The predicted octanol–water partition coefficient (Wildman–Crippen LogP) is 2.72. The Morgan fingerprint density at radius 3 is 2.64 bits per heavy atom. The van der Waals surface area contributed by atoms with Crippen LogP contribution in [0.15, 0.2) is 12.3 Å². The third kappa shape index (κ3) is 3.69. The van der Waals surface area contributed by atoms with Crippen LogP contribution in [0.2, 0.25) is 0 Å². The van der Waals surface area contributed by atoms with Crippen molar-refractivity contribution in [1.82, 2.24) is 4.90 Å². The topological polar surface area (TPSA) is 3.24 Å². The molecule has 0 aromatic rings. The lowest BCUT2D eigenvalue weighted by Gasteiger charge is -2.10. The van der Waals surface area contributed by atoms with Crippen LogP contribution >= 0.6 is 34.4 Å². The van der Waals surface area contributed by atoms with E-state index in [-0.39, 0.29) is 0 Å². The Kier molecular flexibility index (Phi) is 4.67. The molecule has 0 spiro atoms. The number of rotatable bonds is 3. The molecule has 64 valence electrons. The van der Waals surface area contributed by atoms with Crippen LogP contribution in [0.25, 0.3) is 0 Å². The summed E-state index contributed by atoms with van der Waals surface area (Å²) in [6.45, 7) is 2.52. The average molecular weight is 283 g/mol. The monoisotopic (exact) mass is 283 g/mol. The Labute approximate surface area is 86.7 Å². The van der Waals surface area contributed by atoms with Crippen molar-refractivity contribution in [2.75, 3.05) is 19.3 Å². The first-order valence-corrected chi connectivity index (χ1v) is 6.45. The average Bonchev–Trinajstić information content (AvgIpc) is 2.52. The summed E-state index contributed by atoms with van der Waals surface area (Å²) in [6.07, 6.45) is 9.41. The smallest absolute Gasteiger partial charge is 0.0758 e. The molecule has 1 aliphatic rings. The third-order valence-electron chi connectivity index (χ3n) is 1.81. The normalized spacial score (nSPS) is 21.5. The van der Waals surface area contributed by atoms with Crippen molar-refractivity contribution < 1.29 is 0 Å². The summed E-state index contributed by atoms with van der Waals surface area (Å²) in [5.74, 6) is 0. The van der Waals surface area contributed by atoms with Crippen LogP contribution in [0.4, 0.5) is 0 Å². The van der Waals surface area contributed by atoms with Crippen LogP contribution in [0.3, 0.4) is 0 Å². The first kappa shape index (κ1) is 9.71. The lowest BCUT2D eigenvalue weighted by molar-refractivity contribution is 0.467. The van der Waals surface area contributed by atoms with E-state index in [9.17, 15) is 0 Å². The highest BCUT2D eigenvalue weighted by atomic mass is 127. The molecule has 1 rings (SSSR count). The van der Waals surface area contributed by atoms with Gasteiger partial charge in [-0.05, 0) is 31.4 Å². The molecule has 3 heteroatoms. The molecule has 0 N–H and O–H groups in total. The van der Waals surface area contributed by atoms with Gasteiger partial charge in [0.05, 0.1) is 3.26 Å². The molecule has 0 aromatic heterocycles. The van der Waals surface area contributed by atoms with Crippen LogP contribution in [0.1, 0.15) is 12.8 Å². The Morgan fingerprint density at radius 2 is 2.09 bits per heavy atom. The second-order valence-corrected chi connectivity index (χ2v) is 5.84. The van der Waals surface area contributed by atoms with Crippen LogP contribution in [0, 0.1) is 0 Å². The fourth-order valence-electron chi connectivity index (χ4n) is 1.16. The van der Waals surface area contributed by atoms with Gasteiger partial charge in [0.25, 0.3) is 0 Å². The Balaban J connectivity index is 2.22. The number of hydrogen-bond acceptors (Lipinski definition) is 2. The van der Waals surface area contributed by atoms with Crippen LogP contribution in [-0.2, 0) is 0 Å². The maximum absolute atomic E-state index is 2.44. The second kappa shape index (κ2) is 5.30. The van der Waals surface area contributed by atoms with Crippen LogP contribution < -0.4 is 0 Å². The van der Waals surface area contributed by atoms with E-state index < -0.39 is 0 Å². The van der Waals surface area contributed by atoms with E-state index >= 15 is 0 Å². The molecular formula is C8H14INS. The first-order chi connectivity index (χ1) is 5.33. The van der Waals surface area contributed by atoms with Crippen LogP contribution in [-0.4, -0.2) is 27.5 Å². The first-order valence-electron chi connectivity index (χ1n) is 3.92. The van der Waals surface area contributed by atoms with Gasteiger partial charge in [0, 0.05) is 13.1 Å². The van der Waals surface area contributed by atoms with Gasteiger partial charge in [-0.2, -0.15) is 0 Å². The molecular weight excluding hydrogens is 269 g/mol. The maximum Gasteiger partial charge on any atom is 0.0758 e. The number of halogens is 1. The summed E-state index contributed by atoms with van der Waals surface area (Å²) < 4.78 is 0.633. The van der Waals surface area contributed by atoms with Gasteiger partial charge in [-0.3, -0.25) is 0 Å². The van der Waals surface area contributed by atoms with Crippen molar-refractivity contribution in [2.24, 2.45) is 0 Å². The van der Waals surface area contributed by atoms with E-state index in [0.29, 0.717) is 3.26 Å². The molecule has 1 saturated heterocycles. The quantitative estimate of drug-likeness (QED) is 0.579. The standard InChI is InChI=1S/C8H14INS/c1-11-8(9)4-7-10-5-2-3-6-10/h4,7-8H,2-3,5-6H2,1H3/b7-4+. The molecule has 1 nitrogen and oxygen atoms in total. The Bertz CT molecular complexity index is 132. The van der Waals surface area contributed by atoms with Gasteiger partial charge in [0.1, 0.15) is 0 Å². The molecule has 0 amide bonds. The molecule has 0 bridgehead atoms. The third-order valence-corrected chi connectivity index (χ3v) is 4.36. The number of thioether (sulfide) groups is 1. The minimum absolute atomic E-state index is 0.633. The van der Waals surface area contributed by atoms with E-state index in [4.69, 9.17) is 0 Å². The summed E-state index contributed by atoms with van der Waals surface area (Å²) in [6, 6.07) is 0. The molecule has 0 aliphatic carbocycles. The number of nitrogens with zero attached hydrogens (tertiary/aromatic N) is 1. The SMILES string of the molecule is CSC(I)/C=C/N1CCCC1. The van der Waals surface area contributed by atoms with Gasteiger partial charge in [0.15, 0.2) is 0 Å². The summed E-state index contributed by atoms with van der Waals surface area (Å²) in [7, 11) is 0. The van der Waals surface area contributed by atoms with E-state index in [0.717, 1.165) is 0 Å². The number of likely N-dealkylation sites (tertiary alicyclic amines) is 1. The zero-order valence-electron chi connectivity index (χ0n) is 6.79. The van der Waals surface area contributed by atoms with Crippen molar-refractivity contribution in [3.63, 3.8) is 0 Å². The van der Waals surface area contributed by atoms with Gasteiger partial charge in [-0.1, -0.05) is 22.6 Å². The molecule has 11 heavy (non-hydrogen) atoms. The number of alkyl halides is 1. The highest BCUT2D eigenvalue weighted by Gasteiger charge is 2.06. The largest absolute Gasteiger partial charge is 0.378 e. The van der Waals surface area contributed by atoms with Crippen LogP contribution in [0.5, 0.6) is 0 Å². The van der Waals surface area contributed by atoms with Crippen molar-refractivity contribution >= 4 is 34.4 Å². The molecule has 1 aliphatic heterocycles.